The first kappa shape index (κ1) is 12.6. The van der Waals surface area contributed by atoms with E-state index in [1.165, 1.54) is 0 Å². The van der Waals surface area contributed by atoms with Gasteiger partial charge in [-0.3, -0.25) is 0 Å². The standard InChI is InChI=1S/C12H15ClN2OS/c1-2-14-12(17)15-7-8-16-11(15)9-5-3-4-6-10(9)13/h3-6,11H,2,7-8H2,1H3,(H,14,17). The Balaban J connectivity index is 2.20. The van der Waals surface area contributed by atoms with Crippen molar-refractivity contribution in [2.45, 2.75) is 13.2 Å². The van der Waals surface area contributed by atoms with Gasteiger partial charge in [0.15, 0.2) is 11.3 Å². The number of hydrogen-bond acceptors (Lipinski definition) is 2. The van der Waals surface area contributed by atoms with Crippen LogP contribution in [0.1, 0.15) is 18.7 Å². The van der Waals surface area contributed by atoms with Crippen molar-refractivity contribution in [1.29, 1.82) is 0 Å². The van der Waals surface area contributed by atoms with E-state index in [4.69, 9.17) is 28.6 Å². The molecule has 1 heterocycles. The summed E-state index contributed by atoms with van der Waals surface area (Å²) in [5, 5.41) is 4.57. The molecule has 1 aromatic carbocycles. The van der Waals surface area contributed by atoms with Crippen LogP contribution in [0.3, 0.4) is 0 Å². The van der Waals surface area contributed by atoms with Gasteiger partial charge in [-0.1, -0.05) is 29.8 Å². The van der Waals surface area contributed by atoms with Crippen LogP contribution in [0.4, 0.5) is 0 Å². The molecule has 5 heteroatoms. The molecule has 92 valence electrons. The first-order valence-corrected chi connectivity index (χ1v) is 6.43. The smallest absolute Gasteiger partial charge is 0.171 e. The molecule has 0 radical (unpaired) electrons. The Bertz CT molecular complexity index is 413. The fraction of sp³-hybridized carbons (Fsp3) is 0.417. The zero-order chi connectivity index (χ0) is 12.3. The molecule has 0 saturated carbocycles. The van der Waals surface area contributed by atoms with Gasteiger partial charge in [0.05, 0.1) is 6.61 Å². The molecule has 2 rings (SSSR count). The average Bonchev–Trinajstić information content (AvgIpc) is 2.79. The van der Waals surface area contributed by atoms with Crippen molar-refractivity contribution in [2.24, 2.45) is 0 Å². The molecule has 1 N–H and O–H groups in total. The predicted molar refractivity (Wildman–Crippen MR) is 73.1 cm³/mol. The third-order valence-electron chi connectivity index (χ3n) is 2.65. The Morgan fingerprint density at radius 2 is 2.35 bits per heavy atom. The van der Waals surface area contributed by atoms with Crippen LogP contribution in [0.5, 0.6) is 0 Å². The number of ether oxygens (including phenoxy) is 1. The first-order valence-electron chi connectivity index (χ1n) is 5.64. The molecule has 1 aliphatic rings. The number of halogens is 1. The second-order valence-corrected chi connectivity index (χ2v) is 4.57. The lowest BCUT2D eigenvalue weighted by atomic mass is 10.2. The lowest BCUT2D eigenvalue weighted by molar-refractivity contribution is 0.0630. The normalized spacial score (nSPS) is 19.4. The van der Waals surface area contributed by atoms with Crippen LogP contribution in [0, 0.1) is 0 Å². The van der Waals surface area contributed by atoms with E-state index >= 15 is 0 Å². The molecule has 1 aromatic rings. The van der Waals surface area contributed by atoms with Crippen LogP contribution in [-0.4, -0.2) is 29.7 Å². The maximum absolute atomic E-state index is 6.18. The van der Waals surface area contributed by atoms with E-state index in [1.807, 2.05) is 36.1 Å². The van der Waals surface area contributed by atoms with Gasteiger partial charge in [-0.05, 0) is 25.2 Å². The van der Waals surface area contributed by atoms with Crippen LogP contribution in [-0.2, 0) is 4.74 Å². The van der Waals surface area contributed by atoms with Crippen molar-refractivity contribution in [3.8, 4) is 0 Å². The van der Waals surface area contributed by atoms with Crippen molar-refractivity contribution in [2.75, 3.05) is 19.7 Å². The minimum Gasteiger partial charge on any atom is -0.363 e. The molecule has 0 bridgehead atoms. The maximum atomic E-state index is 6.18. The number of nitrogens with zero attached hydrogens (tertiary/aromatic N) is 1. The average molecular weight is 271 g/mol. The molecule has 1 fully saturated rings. The highest BCUT2D eigenvalue weighted by Crippen LogP contribution is 2.31. The summed E-state index contributed by atoms with van der Waals surface area (Å²) in [7, 11) is 0. The van der Waals surface area contributed by atoms with Crippen LogP contribution < -0.4 is 5.32 Å². The molecule has 17 heavy (non-hydrogen) atoms. The van der Waals surface area contributed by atoms with Crippen LogP contribution in [0.25, 0.3) is 0 Å². The van der Waals surface area contributed by atoms with Gasteiger partial charge in [-0.25, -0.2) is 0 Å². The second kappa shape index (κ2) is 5.67. The summed E-state index contributed by atoms with van der Waals surface area (Å²) in [5.74, 6) is 0. The Kier molecular flexibility index (Phi) is 4.20. The summed E-state index contributed by atoms with van der Waals surface area (Å²) < 4.78 is 5.71. The summed E-state index contributed by atoms with van der Waals surface area (Å²) in [4.78, 5) is 2.03. The van der Waals surface area contributed by atoms with Gasteiger partial charge in [0.1, 0.15) is 0 Å². The molecule has 1 unspecified atom stereocenters. The number of benzene rings is 1. The molecular weight excluding hydrogens is 256 g/mol. The van der Waals surface area contributed by atoms with E-state index < -0.39 is 0 Å². The number of rotatable bonds is 2. The third-order valence-corrected chi connectivity index (χ3v) is 3.37. The van der Waals surface area contributed by atoms with E-state index in [0.717, 1.165) is 23.8 Å². The summed E-state index contributed by atoms with van der Waals surface area (Å²) in [6, 6.07) is 7.71. The van der Waals surface area contributed by atoms with Gasteiger partial charge in [0.25, 0.3) is 0 Å². The summed E-state index contributed by atoms with van der Waals surface area (Å²) >= 11 is 11.5. The third kappa shape index (κ3) is 2.70. The lowest BCUT2D eigenvalue weighted by Gasteiger charge is -2.26. The Hall–Kier alpha value is -0.840. The van der Waals surface area contributed by atoms with Gasteiger partial charge in [-0.15, -0.1) is 0 Å². The lowest BCUT2D eigenvalue weighted by Crippen LogP contribution is -2.39. The Morgan fingerprint density at radius 3 is 3.06 bits per heavy atom. The molecule has 1 aliphatic heterocycles. The SMILES string of the molecule is CCNC(=S)N1CCOC1c1ccccc1Cl. The molecular formula is C12H15ClN2OS. The molecule has 1 atom stereocenters. The fourth-order valence-corrected chi connectivity index (χ4v) is 2.42. The molecule has 1 saturated heterocycles. The first-order chi connectivity index (χ1) is 8.24. The number of nitrogens with one attached hydrogen (secondary N) is 1. The van der Waals surface area contributed by atoms with Gasteiger partial charge in [-0.2, -0.15) is 0 Å². The zero-order valence-electron chi connectivity index (χ0n) is 9.65. The van der Waals surface area contributed by atoms with Crippen molar-refractivity contribution >= 4 is 28.9 Å². The van der Waals surface area contributed by atoms with Crippen molar-refractivity contribution in [3.05, 3.63) is 34.9 Å². The van der Waals surface area contributed by atoms with E-state index in [0.29, 0.717) is 11.6 Å². The summed E-state index contributed by atoms with van der Waals surface area (Å²) in [5.41, 5.74) is 0.965. The van der Waals surface area contributed by atoms with Crippen molar-refractivity contribution in [3.63, 3.8) is 0 Å². The van der Waals surface area contributed by atoms with Crippen molar-refractivity contribution in [1.82, 2.24) is 10.2 Å². The van der Waals surface area contributed by atoms with E-state index in [2.05, 4.69) is 5.32 Å². The summed E-state index contributed by atoms with van der Waals surface area (Å²) in [6.45, 7) is 4.29. The highest BCUT2D eigenvalue weighted by atomic mass is 35.5. The van der Waals surface area contributed by atoms with Crippen molar-refractivity contribution < 1.29 is 4.74 Å². The second-order valence-electron chi connectivity index (χ2n) is 3.77. The minimum atomic E-state index is -0.171. The van der Waals surface area contributed by atoms with Gasteiger partial charge < -0.3 is 15.0 Å². The fourth-order valence-electron chi connectivity index (χ4n) is 1.86. The molecule has 0 amide bonds. The van der Waals surface area contributed by atoms with Gasteiger partial charge >= 0.3 is 0 Å². The van der Waals surface area contributed by atoms with Gasteiger partial charge in [0, 0.05) is 23.7 Å². The van der Waals surface area contributed by atoms with E-state index in [1.54, 1.807) is 0 Å². The van der Waals surface area contributed by atoms with Gasteiger partial charge in [0.2, 0.25) is 0 Å². The Labute approximate surface area is 112 Å². The highest BCUT2D eigenvalue weighted by molar-refractivity contribution is 7.80. The Morgan fingerprint density at radius 1 is 1.59 bits per heavy atom. The quantitative estimate of drug-likeness (QED) is 0.835. The largest absolute Gasteiger partial charge is 0.363 e. The molecule has 0 spiro atoms. The zero-order valence-corrected chi connectivity index (χ0v) is 11.2. The highest BCUT2D eigenvalue weighted by Gasteiger charge is 2.29. The number of hydrogen-bond donors (Lipinski definition) is 1. The van der Waals surface area contributed by atoms with Crippen LogP contribution in [0.15, 0.2) is 24.3 Å². The number of thiocarbonyl (C=S) groups is 1. The summed E-state index contributed by atoms with van der Waals surface area (Å²) in [6.07, 6.45) is -0.171. The monoisotopic (exact) mass is 270 g/mol. The minimum absolute atomic E-state index is 0.171. The molecule has 0 aromatic heterocycles. The van der Waals surface area contributed by atoms with E-state index in [-0.39, 0.29) is 6.23 Å². The topological polar surface area (TPSA) is 24.5 Å². The van der Waals surface area contributed by atoms with Crippen LogP contribution >= 0.6 is 23.8 Å². The predicted octanol–water partition coefficient (Wildman–Crippen LogP) is 2.57. The molecule has 0 aliphatic carbocycles. The van der Waals surface area contributed by atoms with E-state index in [9.17, 15) is 0 Å². The van der Waals surface area contributed by atoms with Crippen LogP contribution in [0.2, 0.25) is 5.02 Å². The molecule has 3 nitrogen and oxygen atoms in total. The maximum Gasteiger partial charge on any atom is 0.171 e.